The summed E-state index contributed by atoms with van der Waals surface area (Å²) in [7, 11) is 0. The number of carbonyl (C=O) groups excluding carboxylic acids is 1. The Labute approximate surface area is 120 Å². The van der Waals surface area contributed by atoms with E-state index in [4.69, 9.17) is 5.11 Å². The van der Waals surface area contributed by atoms with Gasteiger partial charge in [-0.25, -0.2) is 4.79 Å². The van der Waals surface area contributed by atoms with Crippen molar-refractivity contribution in [2.75, 3.05) is 0 Å². The van der Waals surface area contributed by atoms with Gasteiger partial charge in [-0.2, -0.15) is 0 Å². The molecule has 0 aromatic carbocycles. The minimum Gasteiger partial charge on any atom is -0.478 e. The normalized spacial score (nSPS) is 11.9. The van der Waals surface area contributed by atoms with E-state index >= 15 is 0 Å². The Kier molecular flexibility index (Phi) is 4.14. The topological polar surface area (TPSA) is 79.3 Å². The van der Waals surface area contributed by atoms with Crippen LogP contribution in [-0.4, -0.2) is 22.0 Å². The third-order valence-corrected chi connectivity index (χ3v) is 3.97. The van der Waals surface area contributed by atoms with E-state index in [1.165, 1.54) is 18.3 Å². The first-order valence-corrected chi connectivity index (χ1v) is 6.86. The summed E-state index contributed by atoms with van der Waals surface area (Å²) in [6, 6.07) is 6.59. The van der Waals surface area contributed by atoms with Gasteiger partial charge in [0.1, 0.15) is 5.69 Å². The molecule has 0 aliphatic rings. The molecular formula is C14H14N2O3S. The van der Waals surface area contributed by atoms with Crippen LogP contribution in [0.2, 0.25) is 0 Å². The van der Waals surface area contributed by atoms with Crippen LogP contribution in [0.5, 0.6) is 0 Å². The molecule has 2 rings (SSSR count). The van der Waals surface area contributed by atoms with Gasteiger partial charge in [0.2, 0.25) is 0 Å². The summed E-state index contributed by atoms with van der Waals surface area (Å²) in [5, 5.41) is 11.8. The zero-order valence-corrected chi connectivity index (χ0v) is 11.9. The van der Waals surface area contributed by atoms with Gasteiger partial charge in [0.25, 0.3) is 5.91 Å². The molecule has 5 nitrogen and oxygen atoms in total. The second-order valence-electron chi connectivity index (χ2n) is 4.35. The lowest BCUT2D eigenvalue weighted by molar-refractivity contribution is 0.0689. The van der Waals surface area contributed by atoms with Gasteiger partial charge in [-0.3, -0.25) is 9.78 Å². The Morgan fingerprint density at radius 2 is 2.10 bits per heavy atom. The first-order valence-electron chi connectivity index (χ1n) is 6.04. The first kappa shape index (κ1) is 14.2. The number of aromatic nitrogens is 1. The van der Waals surface area contributed by atoms with E-state index in [2.05, 4.69) is 10.3 Å². The summed E-state index contributed by atoms with van der Waals surface area (Å²) in [6.07, 6.45) is 1.40. The van der Waals surface area contributed by atoms with E-state index in [0.717, 1.165) is 9.75 Å². The maximum absolute atomic E-state index is 12.1. The number of pyridine rings is 1. The molecule has 2 heterocycles. The van der Waals surface area contributed by atoms with Crippen LogP contribution in [0, 0.1) is 6.92 Å². The number of carboxylic acids is 1. The predicted molar refractivity (Wildman–Crippen MR) is 76.1 cm³/mol. The van der Waals surface area contributed by atoms with Crippen molar-refractivity contribution in [3.05, 3.63) is 51.5 Å². The van der Waals surface area contributed by atoms with Crippen molar-refractivity contribution >= 4 is 23.2 Å². The van der Waals surface area contributed by atoms with Crippen molar-refractivity contribution in [1.82, 2.24) is 10.3 Å². The maximum atomic E-state index is 12.1. The van der Waals surface area contributed by atoms with Crippen molar-refractivity contribution in [3.8, 4) is 0 Å². The third kappa shape index (κ3) is 3.03. The van der Waals surface area contributed by atoms with Crippen molar-refractivity contribution in [2.45, 2.75) is 19.9 Å². The Bertz CT molecular complexity index is 651. The summed E-state index contributed by atoms with van der Waals surface area (Å²) >= 11 is 1.59. The molecule has 1 unspecified atom stereocenters. The van der Waals surface area contributed by atoms with E-state index in [0.29, 0.717) is 0 Å². The van der Waals surface area contributed by atoms with Gasteiger partial charge in [0.05, 0.1) is 11.6 Å². The summed E-state index contributed by atoms with van der Waals surface area (Å²) in [4.78, 5) is 29.2. The lowest BCUT2D eigenvalue weighted by Crippen LogP contribution is -2.28. The predicted octanol–water partition coefficient (Wildman–Crippen LogP) is 2.64. The zero-order chi connectivity index (χ0) is 14.7. The number of thiophene rings is 1. The molecule has 2 N–H and O–H groups in total. The Hall–Kier alpha value is -2.21. The Morgan fingerprint density at radius 3 is 2.70 bits per heavy atom. The number of aryl methyl sites for hydroxylation is 1. The van der Waals surface area contributed by atoms with Gasteiger partial charge in [-0.05, 0) is 38.1 Å². The number of rotatable bonds is 4. The molecule has 0 saturated heterocycles. The zero-order valence-electron chi connectivity index (χ0n) is 11.1. The molecule has 0 spiro atoms. The molecule has 2 aromatic heterocycles. The SMILES string of the molecule is Cc1ccc(C(C)NC(=O)c2ncccc2C(=O)O)s1. The minimum atomic E-state index is -1.16. The summed E-state index contributed by atoms with van der Waals surface area (Å²) in [6.45, 7) is 3.84. The average molecular weight is 290 g/mol. The largest absolute Gasteiger partial charge is 0.478 e. The molecule has 1 atom stereocenters. The highest BCUT2D eigenvalue weighted by Gasteiger charge is 2.19. The minimum absolute atomic E-state index is 0.0693. The fourth-order valence-electron chi connectivity index (χ4n) is 1.78. The number of carbonyl (C=O) groups is 2. The number of aromatic carboxylic acids is 1. The molecule has 0 aliphatic heterocycles. The summed E-state index contributed by atoms with van der Waals surface area (Å²) in [5.41, 5.74) is -0.167. The second kappa shape index (κ2) is 5.83. The summed E-state index contributed by atoms with van der Waals surface area (Å²) < 4.78 is 0. The Morgan fingerprint density at radius 1 is 1.35 bits per heavy atom. The molecule has 0 saturated carbocycles. The quantitative estimate of drug-likeness (QED) is 0.907. The fourth-order valence-corrected chi connectivity index (χ4v) is 2.66. The van der Waals surface area contributed by atoms with E-state index in [1.807, 2.05) is 26.0 Å². The van der Waals surface area contributed by atoms with Crippen molar-refractivity contribution in [1.29, 1.82) is 0 Å². The van der Waals surface area contributed by atoms with Crippen LogP contribution < -0.4 is 5.32 Å². The lowest BCUT2D eigenvalue weighted by Gasteiger charge is -2.12. The number of amides is 1. The van der Waals surface area contributed by atoms with Crippen LogP contribution in [-0.2, 0) is 0 Å². The number of hydrogen-bond donors (Lipinski definition) is 2. The highest BCUT2D eigenvalue weighted by molar-refractivity contribution is 7.12. The molecule has 0 bridgehead atoms. The highest BCUT2D eigenvalue weighted by atomic mass is 32.1. The van der Waals surface area contributed by atoms with Crippen molar-refractivity contribution in [2.24, 2.45) is 0 Å². The third-order valence-electron chi connectivity index (χ3n) is 2.79. The van der Waals surface area contributed by atoms with Gasteiger partial charge in [0, 0.05) is 16.0 Å². The number of nitrogens with zero attached hydrogens (tertiary/aromatic N) is 1. The number of hydrogen-bond acceptors (Lipinski definition) is 4. The van der Waals surface area contributed by atoms with Crippen LogP contribution in [0.25, 0.3) is 0 Å². The molecule has 2 aromatic rings. The lowest BCUT2D eigenvalue weighted by atomic mass is 10.1. The Balaban J connectivity index is 2.18. The van der Waals surface area contributed by atoms with E-state index in [-0.39, 0.29) is 17.3 Å². The monoisotopic (exact) mass is 290 g/mol. The molecule has 0 radical (unpaired) electrons. The van der Waals surface area contributed by atoms with Gasteiger partial charge in [-0.1, -0.05) is 0 Å². The highest BCUT2D eigenvalue weighted by Crippen LogP contribution is 2.22. The van der Waals surface area contributed by atoms with Crippen molar-refractivity contribution < 1.29 is 14.7 Å². The molecule has 6 heteroatoms. The van der Waals surface area contributed by atoms with Crippen molar-refractivity contribution in [3.63, 3.8) is 0 Å². The molecule has 20 heavy (non-hydrogen) atoms. The van der Waals surface area contributed by atoms with Gasteiger partial charge >= 0.3 is 5.97 Å². The molecule has 0 fully saturated rings. The maximum Gasteiger partial charge on any atom is 0.338 e. The molecule has 0 aliphatic carbocycles. The standard InChI is InChI=1S/C14H14N2O3S/c1-8-5-6-11(20-8)9(2)16-13(17)12-10(14(18)19)4-3-7-15-12/h3-7,9H,1-2H3,(H,16,17)(H,18,19). The van der Waals surface area contributed by atoms with Crippen LogP contribution >= 0.6 is 11.3 Å². The average Bonchev–Trinajstić information content (AvgIpc) is 2.85. The van der Waals surface area contributed by atoms with Crippen LogP contribution in [0.1, 0.15) is 43.6 Å². The fraction of sp³-hybridized carbons (Fsp3) is 0.214. The van der Waals surface area contributed by atoms with Gasteiger partial charge in [0.15, 0.2) is 0 Å². The van der Waals surface area contributed by atoms with E-state index < -0.39 is 11.9 Å². The van der Waals surface area contributed by atoms with Crippen LogP contribution in [0.3, 0.4) is 0 Å². The molecular weight excluding hydrogens is 276 g/mol. The van der Waals surface area contributed by atoms with Gasteiger partial charge in [-0.15, -0.1) is 11.3 Å². The molecule has 1 amide bonds. The van der Waals surface area contributed by atoms with E-state index in [1.54, 1.807) is 11.3 Å². The number of carboxylic acid groups (broad SMARTS) is 1. The smallest absolute Gasteiger partial charge is 0.338 e. The van der Waals surface area contributed by atoms with Gasteiger partial charge < -0.3 is 10.4 Å². The second-order valence-corrected chi connectivity index (χ2v) is 5.67. The number of nitrogens with one attached hydrogen (secondary N) is 1. The van der Waals surface area contributed by atoms with Crippen LogP contribution in [0.15, 0.2) is 30.5 Å². The van der Waals surface area contributed by atoms with E-state index in [9.17, 15) is 9.59 Å². The van der Waals surface area contributed by atoms with Crippen LogP contribution in [0.4, 0.5) is 0 Å². The first-order chi connectivity index (χ1) is 9.49. The molecule has 104 valence electrons. The summed E-state index contributed by atoms with van der Waals surface area (Å²) in [5.74, 6) is -1.65.